The van der Waals surface area contributed by atoms with E-state index in [2.05, 4.69) is 5.32 Å². The van der Waals surface area contributed by atoms with E-state index in [0.717, 1.165) is 6.08 Å². The third kappa shape index (κ3) is 3.11. The molecule has 0 aromatic heterocycles. The van der Waals surface area contributed by atoms with Gasteiger partial charge in [0.25, 0.3) is 12.3 Å². The predicted octanol–water partition coefficient (Wildman–Crippen LogP) is 2.83. The second-order valence-electron chi connectivity index (χ2n) is 4.24. The molecule has 0 saturated carbocycles. The molecule has 0 atom stereocenters. The Balaban J connectivity index is 2.11. The van der Waals surface area contributed by atoms with Crippen molar-refractivity contribution in [2.45, 2.75) is 12.8 Å². The molecule has 0 spiro atoms. The van der Waals surface area contributed by atoms with E-state index in [4.69, 9.17) is 5.11 Å². The minimum Gasteiger partial charge on any atom is -0.465 e. The van der Waals surface area contributed by atoms with Crippen LogP contribution >= 0.6 is 0 Å². The molecule has 0 unspecified atom stereocenters. The van der Waals surface area contributed by atoms with Gasteiger partial charge in [0.1, 0.15) is 0 Å². The molecule has 2 N–H and O–H groups in total. The number of hydrogen-bond acceptors (Lipinski definition) is 3. The van der Waals surface area contributed by atoms with Crippen LogP contribution in [-0.4, -0.2) is 28.6 Å². The zero-order valence-electron chi connectivity index (χ0n) is 10.3. The van der Waals surface area contributed by atoms with Crippen molar-refractivity contribution < 1.29 is 23.5 Å². The number of carboxylic acid groups (broad SMARTS) is 1. The summed E-state index contributed by atoms with van der Waals surface area (Å²) in [5.41, 5.74) is 0.814. The second kappa shape index (κ2) is 5.68. The molecule has 0 radical (unpaired) electrons. The van der Waals surface area contributed by atoms with E-state index in [1.807, 2.05) is 0 Å². The lowest BCUT2D eigenvalue weighted by atomic mass is 10.1. The van der Waals surface area contributed by atoms with Crippen molar-refractivity contribution in [1.29, 1.82) is 0 Å². The smallest absolute Gasteiger partial charge is 0.414 e. The number of amides is 2. The molecule has 1 aliphatic rings. The molecule has 0 aliphatic carbocycles. The monoisotopic (exact) mass is 282 g/mol. The first-order valence-electron chi connectivity index (χ1n) is 5.87. The van der Waals surface area contributed by atoms with Crippen LogP contribution in [0.4, 0.5) is 19.3 Å². The fourth-order valence-electron chi connectivity index (χ4n) is 1.87. The van der Waals surface area contributed by atoms with E-state index < -0.39 is 18.4 Å². The Bertz CT molecular complexity index is 572. The predicted molar refractivity (Wildman–Crippen MR) is 67.5 cm³/mol. The van der Waals surface area contributed by atoms with E-state index >= 15 is 0 Å². The normalized spacial score (nSPS) is 15.2. The van der Waals surface area contributed by atoms with Gasteiger partial charge in [-0.3, -0.25) is 4.79 Å². The van der Waals surface area contributed by atoms with Gasteiger partial charge in [-0.15, -0.1) is 0 Å². The molecule has 0 bridgehead atoms. The number of nitrogens with zero attached hydrogens (tertiary/aromatic N) is 1. The zero-order chi connectivity index (χ0) is 14.7. The van der Waals surface area contributed by atoms with Crippen LogP contribution in [0.3, 0.4) is 0 Å². The molecule has 1 aromatic carbocycles. The lowest BCUT2D eigenvalue weighted by Crippen LogP contribution is -2.38. The maximum atomic E-state index is 12.6. The highest BCUT2D eigenvalue weighted by atomic mass is 19.3. The quantitative estimate of drug-likeness (QED) is 0.894. The number of carbonyl (C=O) groups is 2. The van der Waals surface area contributed by atoms with Crippen LogP contribution in [0.1, 0.15) is 18.4 Å². The fourth-order valence-corrected chi connectivity index (χ4v) is 1.87. The topological polar surface area (TPSA) is 69.6 Å². The minimum absolute atomic E-state index is 0.0432. The van der Waals surface area contributed by atoms with Crippen molar-refractivity contribution in [3.63, 3.8) is 0 Å². The number of hydrogen-bond donors (Lipinski definition) is 2. The Kier molecular flexibility index (Phi) is 3.97. The summed E-state index contributed by atoms with van der Waals surface area (Å²) in [6, 6.07) is 5.68. The van der Waals surface area contributed by atoms with Crippen LogP contribution in [0, 0.1) is 0 Å². The van der Waals surface area contributed by atoms with Gasteiger partial charge < -0.3 is 10.4 Å². The molecule has 106 valence electrons. The average Bonchev–Trinajstić information content (AvgIpc) is 2.38. The highest BCUT2D eigenvalue weighted by Gasteiger charge is 2.23. The standard InChI is InChI=1S/C13H12F2N2O3/c14-12(15)8-2-1-3-9(6-8)16-10-4-5-17(13(19)20)11(18)7-10/h1-3,6-7,12,16H,4-5H2,(H,19,20). The molecule has 2 rings (SSSR count). The molecule has 1 aromatic rings. The number of nitrogens with one attached hydrogen (secondary N) is 1. The van der Waals surface area contributed by atoms with Crippen LogP contribution in [-0.2, 0) is 4.79 Å². The highest BCUT2D eigenvalue weighted by Crippen LogP contribution is 2.23. The van der Waals surface area contributed by atoms with Crippen molar-refractivity contribution in [1.82, 2.24) is 4.90 Å². The van der Waals surface area contributed by atoms with Gasteiger partial charge in [-0.05, 0) is 12.1 Å². The largest absolute Gasteiger partial charge is 0.465 e. The summed E-state index contributed by atoms with van der Waals surface area (Å²) in [6.45, 7) is 0.0432. The number of rotatable bonds is 3. The Morgan fingerprint density at radius 2 is 2.15 bits per heavy atom. The maximum absolute atomic E-state index is 12.6. The van der Waals surface area contributed by atoms with Crippen molar-refractivity contribution in [3.05, 3.63) is 41.6 Å². The third-order valence-electron chi connectivity index (χ3n) is 2.84. The molecule has 5 nitrogen and oxygen atoms in total. The lowest BCUT2D eigenvalue weighted by molar-refractivity contribution is -0.124. The third-order valence-corrected chi connectivity index (χ3v) is 2.84. The zero-order valence-corrected chi connectivity index (χ0v) is 10.3. The summed E-state index contributed by atoms with van der Waals surface area (Å²) in [5, 5.41) is 11.6. The molecule has 2 amide bonds. The highest BCUT2D eigenvalue weighted by molar-refractivity contribution is 5.99. The molecule has 0 saturated heterocycles. The van der Waals surface area contributed by atoms with Gasteiger partial charge >= 0.3 is 6.09 Å². The van der Waals surface area contributed by atoms with E-state index in [9.17, 15) is 18.4 Å². The Morgan fingerprint density at radius 1 is 1.40 bits per heavy atom. The summed E-state index contributed by atoms with van der Waals surface area (Å²) in [6.07, 6.45) is -2.39. The lowest BCUT2D eigenvalue weighted by Gasteiger charge is -2.22. The molecule has 1 heterocycles. The Hall–Kier alpha value is -2.44. The van der Waals surface area contributed by atoms with E-state index in [-0.39, 0.29) is 12.1 Å². The number of alkyl halides is 2. The first-order valence-corrected chi connectivity index (χ1v) is 5.87. The van der Waals surface area contributed by atoms with Gasteiger partial charge in [-0.2, -0.15) is 0 Å². The van der Waals surface area contributed by atoms with Crippen LogP contribution < -0.4 is 5.32 Å². The van der Waals surface area contributed by atoms with Crippen molar-refractivity contribution in [2.24, 2.45) is 0 Å². The minimum atomic E-state index is -2.57. The Morgan fingerprint density at radius 3 is 2.75 bits per heavy atom. The fraction of sp³-hybridized carbons (Fsp3) is 0.231. The van der Waals surface area contributed by atoms with Crippen LogP contribution in [0.15, 0.2) is 36.0 Å². The second-order valence-corrected chi connectivity index (χ2v) is 4.24. The summed E-state index contributed by atoms with van der Waals surface area (Å²) in [7, 11) is 0. The number of anilines is 1. The van der Waals surface area contributed by atoms with E-state index in [1.165, 1.54) is 18.2 Å². The van der Waals surface area contributed by atoms with Gasteiger partial charge in [0.2, 0.25) is 0 Å². The number of imide groups is 1. The van der Waals surface area contributed by atoms with Gasteiger partial charge in [-0.1, -0.05) is 12.1 Å². The number of halogens is 2. The van der Waals surface area contributed by atoms with Gasteiger partial charge in [-0.25, -0.2) is 18.5 Å². The van der Waals surface area contributed by atoms with E-state index in [0.29, 0.717) is 22.7 Å². The van der Waals surface area contributed by atoms with Gasteiger partial charge in [0.05, 0.1) is 0 Å². The van der Waals surface area contributed by atoms with Crippen molar-refractivity contribution >= 4 is 17.7 Å². The molecule has 1 aliphatic heterocycles. The molecule has 7 heteroatoms. The summed E-state index contributed by atoms with van der Waals surface area (Å²) in [5.74, 6) is -0.642. The SMILES string of the molecule is O=C(O)N1CCC(Nc2cccc(C(F)F)c2)=CC1=O. The summed E-state index contributed by atoms with van der Waals surface area (Å²) >= 11 is 0. The van der Waals surface area contributed by atoms with Gasteiger partial charge in [0.15, 0.2) is 0 Å². The first kappa shape index (κ1) is 14.0. The van der Waals surface area contributed by atoms with Crippen LogP contribution in [0.5, 0.6) is 0 Å². The van der Waals surface area contributed by atoms with E-state index in [1.54, 1.807) is 6.07 Å². The molecule has 0 fully saturated rings. The summed E-state index contributed by atoms with van der Waals surface area (Å²) in [4.78, 5) is 22.9. The van der Waals surface area contributed by atoms with Crippen LogP contribution in [0.25, 0.3) is 0 Å². The molecular formula is C13H12F2N2O3. The summed E-state index contributed by atoms with van der Waals surface area (Å²) < 4.78 is 25.1. The first-order chi connectivity index (χ1) is 9.47. The maximum Gasteiger partial charge on any atom is 0.414 e. The number of benzene rings is 1. The number of carbonyl (C=O) groups excluding carboxylic acids is 1. The Labute approximate surface area is 113 Å². The van der Waals surface area contributed by atoms with Crippen LogP contribution in [0.2, 0.25) is 0 Å². The van der Waals surface area contributed by atoms with Gasteiger partial charge in [0, 0.05) is 36.0 Å². The van der Waals surface area contributed by atoms with Crippen molar-refractivity contribution in [2.75, 3.05) is 11.9 Å². The molecular weight excluding hydrogens is 270 g/mol. The average molecular weight is 282 g/mol. The van der Waals surface area contributed by atoms with Crippen molar-refractivity contribution in [3.8, 4) is 0 Å². The molecule has 20 heavy (non-hydrogen) atoms.